The van der Waals surface area contributed by atoms with Crippen LogP contribution in [0.3, 0.4) is 0 Å². The predicted octanol–water partition coefficient (Wildman–Crippen LogP) is 4.33. The molecule has 3 aromatic rings. The number of hydrogen-bond donors (Lipinski definition) is 1. The van der Waals surface area contributed by atoms with Gasteiger partial charge in [0, 0.05) is 22.8 Å². The van der Waals surface area contributed by atoms with Crippen LogP contribution in [-0.4, -0.2) is 17.2 Å². The number of aromatic nitrogens is 1. The molecule has 2 atom stereocenters. The molecular formula is C19H17N3OS2. The first-order valence-corrected chi connectivity index (χ1v) is 9.25. The quantitative estimate of drug-likeness (QED) is 0.695. The number of ether oxygens (including phenoxy) is 1. The first kappa shape index (κ1) is 16.1. The van der Waals surface area contributed by atoms with Gasteiger partial charge in [-0.25, -0.2) is 0 Å². The molecule has 126 valence electrons. The highest BCUT2D eigenvalue weighted by atomic mass is 32.1. The van der Waals surface area contributed by atoms with Crippen molar-refractivity contribution in [2.24, 2.45) is 0 Å². The second kappa shape index (κ2) is 6.82. The highest BCUT2D eigenvalue weighted by molar-refractivity contribution is 7.80. The lowest BCUT2D eigenvalue weighted by atomic mass is 10.0. The molecule has 0 saturated carbocycles. The average Bonchev–Trinajstić information content (AvgIpc) is 3.30. The van der Waals surface area contributed by atoms with Crippen LogP contribution in [0.5, 0.6) is 5.75 Å². The van der Waals surface area contributed by atoms with E-state index in [2.05, 4.69) is 38.8 Å². The zero-order chi connectivity index (χ0) is 17.2. The Balaban J connectivity index is 1.80. The van der Waals surface area contributed by atoms with Crippen molar-refractivity contribution in [2.45, 2.75) is 12.1 Å². The van der Waals surface area contributed by atoms with E-state index >= 15 is 0 Å². The summed E-state index contributed by atoms with van der Waals surface area (Å²) in [4.78, 5) is 7.95. The van der Waals surface area contributed by atoms with Crippen molar-refractivity contribution >= 4 is 34.4 Å². The standard InChI is InChI=1S/C19H17N3OS2/c1-23-14-7-4-6-13(12-14)22-18(16-9-5-11-25-16)17(21-19(22)24)15-8-2-3-10-20-15/h2-12,17-18H,1H3,(H,21,24)/t17-,18-/m0/s1. The Labute approximate surface area is 156 Å². The summed E-state index contributed by atoms with van der Waals surface area (Å²) >= 11 is 7.41. The summed E-state index contributed by atoms with van der Waals surface area (Å²) in [7, 11) is 1.67. The lowest BCUT2D eigenvalue weighted by Crippen LogP contribution is -2.29. The number of nitrogens with zero attached hydrogens (tertiary/aromatic N) is 2. The fourth-order valence-electron chi connectivity index (χ4n) is 3.14. The molecule has 2 aromatic heterocycles. The van der Waals surface area contributed by atoms with Gasteiger partial charge in [-0.3, -0.25) is 4.98 Å². The Morgan fingerprint density at radius 3 is 2.80 bits per heavy atom. The Bertz CT molecular complexity index is 867. The van der Waals surface area contributed by atoms with Crippen molar-refractivity contribution in [3.63, 3.8) is 0 Å². The van der Waals surface area contributed by atoms with E-state index in [0.717, 1.165) is 17.1 Å². The van der Waals surface area contributed by atoms with Gasteiger partial charge < -0.3 is 15.0 Å². The first-order valence-electron chi connectivity index (χ1n) is 7.96. The van der Waals surface area contributed by atoms with Crippen LogP contribution in [-0.2, 0) is 0 Å². The van der Waals surface area contributed by atoms with Gasteiger partial charge in [-0.2, -0.15) is 0 Å². The number of pyridine rings is 1. The summed E-state index contributed by atoms with van der Waals surface area (Å²) in [5, 5.41) is 6.25. The molecule has 0 amide bonds. The molecular weight excluding hydrogens is 350 g/mol. The minimum atomic E-state index is -0.00134. The monoisotopic (exact) mass is 367 g/mol. The minimum Gasteiger partial charge on any atom is -0.497 e. The van der Waals surface area contributed by atoms with Crippen molar-refractivity contribution in [1.82, 2.24) is 10.3 Å². The third-order valence-corrected chi connectivity index (χ3v) is 5.52. The van der Waals surface area contributed by atoms with Gasteiger partial charge >= 0.3 is 0 Å². The fraction of sp³-hybridized carbons (Fsp3) is 0.158. The number of rotatable bonds is 4. The third kappa shape index (κ3) is 2.99. The maximum absolute atomic E-state index is 5.68. The van der Waals surface area contributed by atoms with Gasteiger partial charge in [0.15, 0.2) is 5.11 Å². The number of hydrogen-bond acceptors (Lipinski definition) is 4. The van der Waals surface area contributed by atoms with Crippen LogP contribution in [0.25, 0.3) is 0 Å². The molecule has 0 unspecified atom stereocenters. The Morgan fingerprint density at radius 2 is 2.08 bits per heavy atom. The normalized spacial score (nSPS) is 19.7. The van der Waals surface area contributed by atoms with Crippen LogP contribution in [0.2, 0.25) is 0 Å². The van der Waals surface area contributed by atoms with E-state index < -0.39 is 0 Å². The predicted molar refractivity (Wildman–Crippen MR) is 105 cm³/mol. The van der Waals surface area contributed by atoms with Crippen LogP contribution < -0.4 is 15.0 Å². The van der Waals surface area contributed by atoms with Gasteiger partial charge in [0.05, 0.1) is 24.9 Å². The molecule has 0 aliphatic carbocycles. The number of thiocarbonyl (C=S) groups is 1. The van der Waals surface area contributed by atoms with Crippen molar-refractivity contribution < 1.29 is 4.74 Å². The Morgan fingerprint density at radius 1 is 1.16 bits per heavy atom. The van der Waals surface area contributed by atoms with Crippen LogP contribution in [0.1, 0.15) is 22.7 Å². The number of methoxy groups -OCH3 is 1. The zero-order valence-electron chi connectivity index (χ0n) is 13.6. The highest BCUT2D eigenvalue weighted by Crippen LogP contribution is 2.43. The molecule has 1 aliphatic rings. The van der Waals surface area contributed by atoms with E-state index in [1.165, 1.54) is 4.88 Å². The van der Waals surface area contributed by atoms with E-state index in [4.69, 9.17) is 17.0 Å². The largest absolute Gasteiger partial charge is 0.497 e. The maximum Gasteiger partial charge on any atom is 0.174 e. The molecule has 0 spiro atoms. The molecule has 1 aliphatic heterocycles. The van der Waals surface area contributed by atoms with Gasteiger partial charge in [-0.15, -0.1) is 11.3 Å². The summed E-state index contributed by atoms with van der Waals surface area (Å²) in [6.07, 6.45) is 1.82. The number of benzene rings is 1. The van der Waals surface area contributed by atoms with Crippen LogP contribution >= 0.6 is 23.6 Å². The molecule has 25 heavy (non-hydrogen) atoms. The van der Waals surface area contributed by atoms with E-state index in [9.17, 15) is 0 Å². The molecule has 1 aromatic carbocycles. The zero-order valence-corrected chi connectivity index (χ0v) is 15.3. The third-order valence-electron chi connectivity index (χ3n) is 4.26. The average molecular weight is 367 g/mol. The van der Waals surface area contributed by atoms with Crippen molar-refractivity contribution in [2.75, 3.05) is 12.0 Å². The highest BCUT2D eigenvalue weighted by Gasteiger charge is 2.41. The number of anilines is 1. The van der Waals surface area contributed by atoms with Gasteiger partial charge in [-0.1, -0.05) is 18.2 Å². The molecule has 6 heteroatoms. The van der Waals surface area contributed by atoms with E-state index in [-0.39, 0.29) is 12.1 Å². The molecule has 0 bridgehead atoms. The molecule has 4 rings (SSSR count). The summed E-state index contributed by atoms with van der Waals surface area (Å²) in [6.45, 7) is 0. The summed E-state index contributed by atoms with van der Waals surface area (Å²) in [5.41, 5.74) is 1.99. The second-order valence-corrected chi connectivity index (χ2v) is 7.08. The van der Waals surface area contributed by atoms with Crippen LogP contribution in [0.15, 0.2) is 66.2 Å². The van der Waals surface area contributed by atoms with E-state index in [1.54, 1.807) is 18.4 Å². The summed E-state index contributed by atoms with van der Waals surface area (Å²) in [6, 6.07) is 18.2. The van der Waals surface area contributed by atoms with Gasteiger partial charge in [0.1, 0.15) is 5.75 Å². The van der Waals surface area contributed by atoms with Crippen LogP contribution in [0, 0.1) is 0 Å². The van der Waals surface area contributed by atoms with Gasteiger partial charge in [-0.05, 0) is 47.9 Å². The van der Waals surface area contributed by atoms with Crippen molar-refractivity contribution in [1.29, 1.82) is 0 Å². The summed E-state index contributed by atoms with van der Waals surface area (Å²) < 4.78 is 5.39. The molecule has 1 fully saturated rings. The summed E-state index contributed by atoms with van der Waals surface area (Å²) in [5.74, 6) is 0.812. The second-order valence-electron chi connectivity index (χ2n) is 5.71. The molecule has 0 radical (unpaired) electrons. The van der Waals surface area contributed by atoms with E-state index in [0.29, 0.717) is 5.11 Å². The van der Waals surface area contributed by atoms with Gasteiger partial charge in [0.2, 0.25) is 0 Å². The molecule has 4 nitrogen and oxygen atoms in total. The minimum absolute atomic E-state index is 0.00134. The molecule has 3 heterocycles. The smallest absolute Gasteiger partial charge is 0.174 e. The Hall–Kier alpha value is -2.44. The molecule has 1 N–H and O–H groups in total. The van der Waals surface area contributed by atoms with Crippen molar-refractivity contribution in [3.05, 3.63) is 76.7 Å². The topological polar surface area (TPSA) is 37.4 Å². The van der Waals surface area contributed by atoms with Crippen LogP contribution in [0.4, 0.5) is 5.69 Å². The van der Waals surface area contributed by atoms with Gasteiger partial charge in [0.25, 0.3) is 0 Å². The maximum atomic E-state index is 5.68. The van der Waals surface area contributed by atoms with Crippen molar-refractivity contribution in [3.8, 4) is 5.75 Å². The fourth-order valence-corrected chi connectivity index (χ4v) is 4.34. The lowest BCUT2D eigenvalue weighted by Gasteiger charge is -2.27. The Kier molecular flexibility index (Phi) is 4.38. The number of nitrogens with one attached hydrogen (secondary N) is 1. The number of thiophene rings is 1. The van der Waals surface area contributed by atoms with E-state index in [1.807, 2.05) is 42.6 Å². The SMILES string of the molecule is COc1cccc(N2C(=S)N[C@@H](c3ccccn3)[C@@H]2c2cccs2)c1. The first-order chi connectivity index (χ1) is 12.3. The lowest BCUT2D eigenvalue weighted by molar-refractivity contribution is 0.415. The molecule has 1 saturated heterocycles.